The molecule has 0 bridgehead atoms. The molecule has 2 rings (SSSR count). The molecule has 2 aromatic rings. The first-order valence-electron chi connectivity index (χ1n) is 6.51. The van der Waals surface area contributed by atoms with Crippen molar-refractivity contribution in [3.8, 4) is 5.75 Å². The Morgan fingerprint density at radius 2 is 1.68 bits per heavy atom. The third-order valence-corrected chi connectivity index (χ3v) is 4.73. The Hall–Kier alpha value is -1.88. The zero-order valence-corrected chi connectivity index (χ0v) is 13.7. The van der Waals surface area contributed by atoms with E-state index < -0.39 is 7.75 Å². The maximum atomic E-state index is 12.2. The average molecular weight is 337 g/mol. The maximum Gasteiger partial charge on any atom is 0.489 e. The highest BCUT2D eigenvalue weighted by Crippen LogP contribution is 2.45. The van der Waals surface area contributed by atoms with E-state index in [1.807, 2.05) is 30.3 Å². The SMILES string of the molecule is CN(C(=S)OCc1ccccc1)P(=O)(O)Oc1ccccc1. The summed E-state index contributed by atoms with van der Waals surface area (Å²) in [6, 6.07) is 17.8. The summed E-state index contributed by atoms with van der Waals surface area (Å²) in [5, 5.41) is -0.106. The van der Waals surface area contributed by atoms with E-state index in [0.29, 0.717) is 0 Å². The molecule has 0 fully saturated rings. The Kier molecular flexibility index (Phi) is 5.55. The van der Waals surface area contributed by atoms with E-state index in [0.717, 1.165) is 10.2 Å². The van der Waals surface area contributed by atoms with Gasteiger partial charge < -0.3 is 9.26 Å². The summed E-state index contributed by atoms with van der Waals surface area (Å²) in [6.07, 6.45) is 0. The van der Waals surface area contributed by atoms with Crippen LogP contribution in [0.15, 0.2) is 60.7 Å². The number of hydrogen-bond donors (Lipinski definition) is 1. The second-order valence-corrected chi connectivity index (χ2v) is 6.57. The van der Waals surface area contributed by atoms with Crippen LogP contribution < -0.4 is 4.52 Å². The van der Waals surface area contributed by atoms with Crippen molar-refractivity contribution in [1.29, 1.82) is 0 Å². The smallest absolute Gasteiger partial charge is 0.466 e. The minimum Gasteiger partial charge on any atom is -0.466 e. The van der Waals surface area contributed by atoms with E-state index in [4.69, 9.17) is 21.5 Å². The molecule has 116 valence electrons. The van der Waals surface area contributed by atoms with E-state index in [-0.39, 0.29) is 17.5 Å². The fraction of sp³-hybridized carbons (Fsp3) is 0.133. The molecule has 0 heterocycles. The van der Waals surface area contributed by atoms with Crippen LogP contribution in [0.4, 0.5) is 0 Å². The van der Waals surface area contributed by atoms with Crippen LogP contribution in [0.3, 0.4) is 0 Å². The van der Waals surface area contributed by atoms with Gasteiger partial charge in [-0.05, 0) is 29.9 Å². The molecule has 0 radical (unpaired) electrons. The topological polar surface area (TPSA) is 59.0 Å². The van der Waals surface area contributed by atoms with Crippen molar-refractivity contribution in [3.05, 3.63) is 66.2 Å². The van der Waals surface area contributed by atoms with E-state index in [9.17, 15) is 9.46 Å². The molecule has 0 aliphatic carbocycles. The molecule has 0 aromatic heterocycles. The van der Waals surface area contributed by atoms with Gasteiger partial charge in [0.15, 0.2) is 0 Å². The van der Waals surface area contributed by atoms with Gasteiger partial charge in [0.25, 0.3) is 5.17 Å². The van der Waals surface area contributed by atoms with Crippen molar-refractivity contribution in [2.75, 3.05) is 7.05 Å². The molecule has 0 spiro atoms. The molecule has 0 aliphatic heterocycles. The van der Waals surface area contributed by atoms with Crippen LogP contribution in [0, 0.1) is 0 Å². The summed E-state index contributed by atoms with van der Waals surface area (Å²) >= 11 is 5.03. The largest absolute Gasteiger partial charge is 0.489 e. The number of rotatable bonds is 5. The van der Waals surface area contributed by atoms with Gasteiger partial charge in [-0.3, -0.25) is 4.89 Å². The normalized spacial score (nSPS) is 13.0. The predicted octanol–water partition coefficient (Wildman–Crippen LogP) is 3.60. The van der Waals surface area contributed by atoms with Crippen molar-refractivity contribution in [1.82, 2.24) is 4.67 Å². The minimum absolute atomic E-state index is 0.106. The number of hydrogen-bond acceptors (Lipinski definition) is 4. The van der Waals surface area contributed by atoms with E-state index in [1.165, 1.54) is 7.05 Å². The quantitative estimate of drug-likeness (QED) is 0.664. The molecule has 2 aromatic carbocycles. The molecular weight excluding hydrogens is 321 g/mol. The van der Waals surface area contributed by atoms with Gasteiger partial charge in [-0.25, -0.2) is 9.24 Å². The number of benzene rings is 2. The molecule has 1 unspecified atom stereocenters. The van der Waals surface area contributed by atoms with Gasteiger partial charge >= 0.3 is 7.75 Å². The monoisotopic (exact) mass is 337 g/mol. The first-order valence-corrected chi connectivity index (χ1v) is 8.45. The summed E-state index contributed by atoms with van der Waals surface area (Å²) in [7, 11) is -2.76. The fourth-order valence-corrected chi connectivity index (χ4v) is 2.75. The third-order valence-electron chi connectivity index (χ3n) is 2.82. The zero-order valence-electron chi connectivity index (χ0n) is 12.0. The third kappa shape index (κ3) is 4.56. The lowest BCUT2D eigenvalue weighted by Crippen LogP contribution is -2.26. The van der Waals surface area contributed by atoms with Gasteiger partial charge in [0, 0.05) is 7.05 Å². The predicted molar refractivity (Wildman–Crippen MR) is 88.5 cm³/mol. The van der Waals surface area contributed by atoms with Crippen LogP contribution in [0.25, 0.3) is 0 Å². The average Bonchev–Trinajstić information content (AvgIpc) is 2.53. The molecule has 0 saturated carbocycles. The number of para-hydroxylation sites is 1. The van der Waals surface area contributed by atoms with Gasteiger partial charge in [-0.1, -0.05) is 48.5 Å². The standard InChI is InChI=1S/C15H16NO4PS/c1-16(15(22)19-12-13-8-4-2-5-9-13)21(17,18)20-14-10-6-3-7-11-14/h2-11H,12H2,1H3,(H,17,18). The van der Waals surface area contributed by atoms with Gasteiger partial charge in [-0.2, -0.15) is 0 Å². The molecule has 7 heteroatoms. The summed E-state index contributed by atoms with van der Waals surface area (Å²) < 4.78 is 23.6. The van der Waals surface area contributed by atoms with Crippen LogP contribution in [-0.4, -0.2) is 21.8 Å². The van der Waals surface area contributed by atoms with Crippen molar-refractivity contribution in [2.45, 2.75) is 6.61 Å². The second-order valence-electron chi connectivity index (χ2n) is 4.46. The Bertz CT molecular complexity index is 666. The van der Waals surface area contributed by atoms with E-state index >= 15 is 0 Å². The number of nitrogens with zero attached hydrogens (tertiary/aromatic N) is 1. The number of ether oxygens (including phenoxy) is 1. The Labute approximate surface area is 134 Å². The van der Waals surface area contributed by atoms with Gasteiger partial charge in [0.2, 0.25) is 0 Å². The first kappa shape index (κ1) is 16.5. The second kappa shape index (κ2) is 7.40. The van der Waals surface area contributed by atoms with Crippen LogP contribution in [-0.2, 0) is 15.9 Å². The highest BCUT2D eigenvalue weighted by Gasteiger charge is 2.31. The number of thiocarbonyl (C=S) groups is 1. The molecule has 0 amide bonds. The van der Waals surface area contributed by atoms with Crippen LogP contribution in [0.5, 0.6) is 5.75 Å². The fourth-order valence-electron chi connectivity index (χ4n) is 1.60. The molecule has 0 aliphatic rings. The van der Waals surface area contributed by atoms with Crippen LogP contribution in [0.1, 0.15) is 5.56 Å². The van der Waals surface area contributed by atoms with Crippen LogP contribution >= 0.6 is 20.0 Å². The molecule has 1 atom stereocenters. The van der Waals surface area contributed by atoms with Crippen molar-refractivity contribution >= 4 is 25.1 Å². The molecule has 0 saturated heterocycles. The van der Waals surface area contributed by atoms with Crippen molar-refractivity contribution in [2.24, 2.45) is 0 Å². The van der Waals surface area contributed by atoms with Gasteiger partial charge in [0.05, 0.1) is 0 Å². The lowest BCUT2D eigenvalue weighted by atomic mass is 10.2. The summed E-state index contributed by atoms with van der Waals surface area (Å²) in [5.74, 6) is 0.283. The molecule has 22 heavy (non-hydrogen) atoms. The maximum absolute atomic E-state index is 12.2. The summed E-state index contributed by atoms with van der Waals surface area (Å²) in [6.45, 7) is 0.218. The lowest BCUT2D eigenvalue weighted by Gasteiger charge is -2.24. The Balaban J connectivity index is 1.95. The van der Waals surface area contributed by atoms with Crippen molar-refractivity contribution < 1.29 is 18.7 Å². The van der Waals surface area contributed by atoms with Crippen molar-refractivity contribution in [3.63, 3.8) is 0 Å². The zero-order chi connectivity index (χ0) is 16.0. The highest BCUT2D eigenvalue weighted by molar-refractivity contribution is 7.80. The van der Waals surface area contributed by atoms with E-state index in [1.54, 1.807) is 30.3 Å². The lowest BCUT2D eigenvalue weighted by molar-refractivity contribution is 0.252. The highest BCUT2D eigenvalue weighted by atomic mass is 32.1. The molecule has 5 nitrogen and oxygen atoms in total. The Morgan fingerprint density at radius 1 is 1.14 bits per heavy atom. The first-order chi connectivity index (χ1) is 10.5. The molecular formula is C15H16NO4PS. The minimum atomic E-state index is -4.12. The van der Waals surface area contributed by atoms with E-state index in [2.05, 4.69) is 0 Å². The summed E-state index contributed by atoms with van der Waals surface area (Å²) in [4.78, 5) is 10.00. The summed E-state index contributed by atoms with van der Waals surface area (Å²) in [5.41, 5.74) is 0.912. The van der Waals surface area contributed by atoms with Gasteiger partial charge in [0.1, 0.15) is 12.4 Å². The molecule has 1 N–H and O–H groups in total. The van der Waals surface area contributed by atoms with Gasteiger partial charge in [-0.15, -0.1) is 0 Å². The van der Waals surface area contributed by atoms with Crippen LogP contribution in [0.2, 0.25) is 0 Å². The Morgan fingerprint density at radius 3 is 2.27 bits per heavy atom.